The molecule has 0 aromatic heterocycles. The number of alkyl halides is 2. The first kappa shape index (κ1) is 16.5. The van der Waals surface area contributed by atoms with Crippen molar-refractivity contribution in [1.29, 1.82) is 0 Å². The van der Waals surface area contributed by atoms with Crippen LogP contribution < -0.4 is 0 Å². The van der Waals surface area contributed by atoms with Gasteiger partial charge in [-0.2, -0.15) is 0 Å². The van der Waals surface area contributed by atoms with Crippen LogP contribution in [0.3, 0.4) is 0 Å². The fourth-order valence-electron chi connectivity index (χ4n) is 2.11. The van der Waals surface area contributed by atoms with Crippen LogP contribution in [0, 0.1) is 20.8 Å². The molecule has 0 saturated heterocycles. The molecule has 0 bridgehead atoms. The Kier molecular flexibility index (Phi) is 5.48. The van der Waals surface area contributed by atoms with Gasteiger partial charge in [0.15, 0.2) is 0 Å². The first-order valence-corrected chi connectivity index (χ1v) is 8.81. The monoisotopic (exact) mass is 340 g/mol. The molecular weight excluding hydrogens is 323 g/mol. The zero-order valence-corrected chi connectivity index (χ0v) is 14.6. The third kappa shape index (κ3) is 3.88. The van der Waals surface area contributed by atoms with Gasteiger partial charge in [0.2, 0.25) is 0 Å². The second-order valence-corrected chi connectivity index (χ2v) is 8.00. The summed E-state index contributed by atoms with van der Waals surface area (Å²) in [6, 6.07) is 13.6. The number of aryl methyl sites for hydroxylation is 3. The van der Waals surface area contributed by atoms with Gasteiger partial charge in [-0.25, -0.2) is 0 Å². The molecule has 112 valence electrons. The highest BCUT2D eigenvalue weighted by molar-refractivity contribution is 7.87. The van der Waals surface area contributed by atoms with Crippen LogP contribution in [0.4, 0.5) is 0 Å². The average Bonchev–Trinajstić information content (AvgIpc) is 2.48. The summed E-state index contributed by atoms with van der Waals surface area (Å²) in [6.45, 7) is 5.99. The maximum Gasteiger partial charge on any atom is 0.134 e. The van der Waals surface area contributed by atoms with Gasteiger partial charge in [0.1, 0.15) is 4.71 Å². The Morgan fingerprint density at radius 1 is 0.905 bits per heavy atom. The topological polar surface area (TPSA) is 17.1 Å². The van der Waals surface area contributed by atoms with E-state index in [2.05, 4.69) is 0 Å². The van der Waals surface area contributed by atoms with Crippen LogP contribution in [0.5, 0.6) is 0 Å². The number of hydrogen-bond donors (Lipinski definition) is 0. The van der Waals surface area contributed by atoms with E-state index in [1.165, 1.54) is 0 Å². The van der Waals surface area contributed by atoms with E-state index in [1.807, 2.05) is 63.2 Å². The molecule has 21 heavy (non-hydrogen) atoms. The van der Waals surface area contributed by atoms with Gasteiger partial charge in [-0.1, -0.05) is 41.5 Å². The molecule has 0 saturated carbocycles. The smallest absolute Gasteiger partial charge is 0.134 e. The van der Waals surface area contributed by atoms with Gasteiger partial charge in [0.05, 0.1) is 16.2 Å². The van der Waals surface area contributed by atoms with Crippen LogP contribution in [-0.4, -0.2) is 8.92 Å². The minimum Gasteiger partial charge on any atom is -0.253 e. The lowest BCUT2D eigenvalue weighted by Gasteiger charge is -2.18. The molecule has 0 aliphatic heterocycles. The molecule has 2 aromatic carbocycles. The summed E-state index contributed by atoms with van der Waals surface area (Å²) < 4.78 is 11.9. The maximum atomic E-state index is 12.6. The van der Waals surface area contributed by atoms with E-state index in [4.69, 9.17) is 23.2 Å². The molecule has 1 unspecified atom stereocenters. The number of hydrogen-bond acceptors (Lipinski definition) is 1. The third-order valence-corrected chi connectivity index (χ3v) is 6.34. The minimum absolute atomic E-state index is 0.492. The lowest BCUT2D eigenvalue weighted by atomic mass is 10.0. The van der Waals surface area contributed by atoms with Crippen molar-refractivity contribution in [1.82, 2.24) is 0 Å². The molecule has 0 heterocycles. The molecule has 0 amide bonds. The van der Waals surface area contributed by atoms with Crippen molar-refractivity contribution in [2.45, 2.75) is 35.8 Å². The summed E-state index contributed by atoms with van der Waals surface area (Å²) in [5.41, 5.74) is 4.24. The Bertz CT molecular complexity index is 652. The predicted molar refractivity (Wildman–Crippen MR) is 91.7 cm³/mol. The number of benzene rings is 2. The maximum absolute atomic E-state index is 12.6. The Morgan fingerprint density at radius 2 is 1.48 bits per heavy atom. The van der Waals surface area contributed by atoms with Crippen molar-refractivity contribution in [3.8, 4) is 0 Å². The normalized spacial score (nSPS) is 15.5. The van der Waals surface area contributed by atoms with Crippen LogP contribution in [-0.2, 0) is 10.8 Å². The molecular formula is C17H18Cl2OS. The first-order chi connectivity index (χ1) is 9.90. The molecule has 0 aliphatic carbocycles. The Hall–Kier alpha value is -0.830. The van der Waals surface area contributed by atoms with Crippen molar-refractivity contribution < 1.29 is 4.21 Å². The quantitative estimate of drug-likeness (QED) is 0.693. The van der Waals surface area contributed by atoms with Gasteiger partial charge in [-0.3, -0.25) is 4.21 Å². The molecule has 0 fully saturated rings. The van der Waals surface area contributed by atoms with E-state index in [-0.39, 0.29) is 0 Å². The van der Waals surface area contributed by atoms with Gasteiger partial charge in [0.25, 0.3) is 0 Å². The minimum atomic E-state index is -1.35. The van der Waals surface area contributed by atoms with Gasteiger partial charge in [-0.15, -0.1) is 23.2 Å². The van der Waals surface area contributed by atoms with E-state index < -0.39 is 20.9 Å². The zero-order chi connectivity index (χ0) is 15.6. The van der Waals surface area contributed by atoms with Crippen LogP contribution in [0.25, 0.3) is 0 Å². The number of rotatable bonds is 4. The van der Waals surface area contributed by atoms with Crippen molar-refractivity contribution in [3.63, 3.8) is 0 Å². The lowest BCUT2D eigenvalue weighted by molar-refractivity contribution is 0.679. The van der Waals surface area contributed by atoms with Crippen LogP contribution in [0.1, 0.15) is 27.6 Å². The standard InChI is InChI=1S/C17H18Cl2OS/c1-11-5-8-14(9-6-11)21(20)17(19)16(18)15-10-12(2)4-7-13(15)3/h4-10,16-17H,1-3H3/t16-,17+,21?/m1/s1. The highest BCUT2D eigenvalue weighted by atomic mass is 35.5. The molecule has 3 atom stereocenters. The van der Waals surface area contributed by atoms with E-state index in [9.17, 15) is 4.21 Å². The van der Waals surface area contributed by atoms with E-state index in [1.54, 1.807) is 0 Å². The van der Waals surface area contributed by atoms with E-state index >= 15 is 0 Å². The highest BCUT2D eigenvalue weighted by Gasteiger charge is 2.27. The first-order valence-electron chi connectivity index (χ1n) is 6.72. The van der Waals surface area contributed by atoms with Crippen LogP contribution in [0.15, 0.2) is 47.4 Å². The second-order valence-electron chi connectivity index (χ2n) is 5.22. The molecule has 0 N–H and O–H groups in total. The summed E-state index contributed by atoms with van der Waals surface area (Å²) in [6.07, 6.45) is 0. The van der Waals surface area contributed by atoms with E-state index in [0.717, 1.165) is 22.3 Å². The fourth-order valence-corrected chi connectivity index (χ4v) is 4.10. The molecule has 2 aromatic rings. The largest absolute Gasteiger partial charge is 0.253 e. The van der Waals surface area contributed by atoms with Gasteiger partial charge < -0.3 is 0 Å². The average molecular weight is 341 g/mol. The zero-order valence-electron chi connectivity index (χ0n) is 12.3. The lowest BCUT2D eigenvalue weighted by Crippen LogP contribution is -2.15. The molecule has 0 spiro atoms. The molecule has 4 heteroatoms. The SMILES string of the molecule is Cc1ccc(S(=O)[C@H](Cl)[C@H](Cl)c2cc(C)ccc2C)cc1. The summed E-state index contributed by atoms with van der Waals surface area (Å²) in [4.78, 5) is 0.705. The third-order valence-electron chi connectivity index (χ3n) is 3.42. The Balaban J connectivity index is 2.26. The molecule has 0 aliphatic rings. The van der Waals surface area contributed by atoms with Crippen molar-refractivity contribution in [2.75, 3.05) is 0 Å². The molecule has 1 nitrogen and oxygen atoms in total. The van der Waals surface area contributed by atoms with E-state index in [0.29, 0.717) is 4.90 Å². The van der Waals surface area contributed by atoms with Crippen LogP contribution >= 0.6 is 23.2 Å². The van der Waals surface area contributed by atoms with Crippen molar-refractivity contribution >= 4 is 34.0 Å². The fraction of sp³-hybridized carbons (Fsp3) is 0.294. The highest BCUT2D eigenvalue weighted by Crippen LogP contribution is 2.34. The Labute approximate surface area is 138 Å². The summed E-state index contributed by atoms with van der Waals surface area (Å²) in [7, 11) is -1.35. The van der Waals surface area contributed by atoms with Gasteiger partial charge in [-0.05, 0) is 44.0 Å². The van der Waals surface area contributed by atoms with Crippen LogP contribution in [0.2, 0.25) is 0 Å². The van der Waals surface area contributed by atoms with Crippen molar-refractivity contribution in [3.05, 3.63) is 64.7 Å². The molecule has 2 rings (SSSR count). The van der Waals surface area contributed by atoms with Gasteiger partial charge in [0, 0.05) is 4.90 Å². The Morgan fingerprint density at radius 3 is 2.10 bits per heavy atom. The predicted octanol–water partition coefficient (Wildman–Crippen LogP) is 5.26. The molecule has 0 radical (unpaired) electrons. The second kappa shape index (κ2) is 6.95. The van der Waals surface area contributed by atoms with Gasteiger partial charge >= 0.3 is 0 Å². The summed E-state index contributed by atoms with van der Waals surface area (Å²) >= 11 is 12.9. The summed E-state index contributed by atoms with van der Waals surface area (Å²) in [5.74, 6) is 0. The van der Waals surface area contributed by atoms with Crippen molar-refractivity contribution in [2.24, 2.45) is 0 Å². The summed E-state index contributed by atoms with van der Waals surface area (Å²) in [5, 5.41) is -0.492. The number of halogens is 2.